The van der Waals surface area contributed by atoms with Crippen molar-refractivity contribution in [2.45, 2.75) is 13.3 Å². The zero-order valence-corrected chi connectivity index (χ0v) is 12.9. The highest BCUT2D eigenvalue weighted by atomic mass is 16.3. The largest absolute Gasteiger partial charge is 0.504 e. The number of hydrogen-bond donors (Lipinski definition) is 4. The van der Waals surface area contributed by atoms with Gasteiger partial charge in [-0.2, -0.15) is 0 Å². The number of phenols is 3. The lowest BCUT2D eigenvalue weighted by Gasteiger charge is -2.15. The van der Waals surface area contributed by atoms with Crippen LogP contribution in [0.1, 0.15) is 22.8 Å². The number of anilines is 2. The van der Waals surface area contributed by atoms with E-state index in [0.717, 1.165) is 23.4 Å². The molecule has 1 aliphatic rings. The predicted molar refractivity (Wildman–Crippen MR) is 87.6 cm³/mol. The van der Waals surface area contributed by atoms with Crippen LogP contribution in [0.5, 0.6) is 17.2 Å². The summed E-state index contributed by atoms with van der Waals surface area (Å²) in [7, 11) is 0. The number of fused-ring (bicyclic) bond motifs is 1. The lowest BCUT2D eigenvalue weighted by atomic mass is 10.1. The van der Waals surface area contributed by atoms with Crippen molar-refractivity contribution in [1.82, 2.24) is 0 Å². The number of carbonyl (C=O) groups is 2. The fourth-order valence-electron chi connectivity index (χ4n) is 2.75. The number of nitrogens with zero attached hydrogens (tertiary/aromatic N) is 1. The summed E-state index contributed by atoms with van der Waals surface area (Å²) in [5.41, 5.74) is 2.34. The highest BCUT2D eigenvalue weighted by Crippen LogP contribution is 2.36. The van der Waals surface area contributed by atoms with Gasteiger partial charge in [0.1, 0.15) is 0 Å². The van der Waals surface area contributed by atoms with Gasteiger partial charge < -0.3 is 25.5 Å². The van der Waals surface area contributed by atoms with Crippen LogP contribution in [0.25, 0.3) is 0 Å². The van der Waals surface area contributed by atoms with E-state index in [0.29, 0.717) is 18.7 Å². The Morgan fingerprint density at radius 2 is 1.75 bits per heavy atom. The number of carbonyl (C=O) groups excluding carboxylic acids is 2. The normalized spacial score (nSPS) is 12.8. The molecule has 0 saturated heterocycles. The van der Waals surface area contributed by atoms with E-state index in [2.05, 4.69) is 5.32 Å². The van der Waals surface area contributed by atoms with E-state index >= 15 is 0 Å². The summed E-state index contributed by atoms with van der Waals surface area (Å²) in [6, 6.07) is 7.37. The third kappa shape index (κ3) is 2.71. The zero-order valence-electron chi connectivity index (χ0n) is 12.9. The summed E-state index contributed by atoms with van der Waals surface area (Å²) in [6.07, 6.45) is 0.708. The maximum Gasteiger partial charge on any atom is 0.255 e. The molecule has 0 bridgehead atoms. The third-order valence-corrected chi connectivity index (χ3v) is 3.94. The Balaban J connectivity index is 1.82. The molecular formula is C17H16N2O5. The highest BCUT2D eigenvalue weighted by molar-refractivity contribution is 6.05. The van der Waals surface area contributed by atoms with Crippen LogP contribution in [-0.4, -0.2) is 33.7 Å². The minimum Gasteiger partial charge on any atom is -0.504 e. The fourth-order valence-corrected chi connectivity index (χ4v) is 2.75. The van der Waals surface area contributed by atoms with Gasteiger partial charge in [0.25, 0.3) is 5.91 Å². The molecule has 0 spiro atoms. The van der Waals surface area contributed by atoms with Gasteiger partial charge in [0, 0.05) is 30.4 Å². The molecule has 1 heterocycles. The number of phenolic OH excluding ortho intramolecular Hbond substituents is 3. The molecule has 4 N–H and O–H groups in total. The zero-order chi connectivity index (χ0) is 17.4. The molecule has 124 valence electrons. The Hall–Kier alpha value is -3.22. The predicted octanol–water partition coefficient (Wildman–Crippen LogP) is 1.96. The second-order valence-electron chi connectivity index (χ2n) is 5.58. The second-order valence-corrected chi connectivity index (χ2v) is 5.58. The van der Waals surface area contributed by atoms with Crippen molar-refractivity contribution in [1.29, 1.82) is 0 Å². The van der Waals surface area contributed by atoms with E-state index in [1.165, 1.54) is 6.92 Å². The lowest BCUT2D eigenvalue weighted by molar-refractivity contribution is -0.116. The Morgan fingerprint density at radius 3 is 2.38 bits per heavy atom. The average Bonchev–Trinajstić information content (AvgIpc) is 2.95. The fraction of sp³-hybridized carbons (Fsp3) is 0.176. The van der Waals surface area contributed by atoms with Crippen LogP contribution in [0.2, 0.25) is 0 Å². The van der Waals surface area contributed by atoms with Gasteiger partial charge in [-0.1, -0.05) is 0 Å². The van der Waals surface area contributed by atoms with E-state index in [1.54, 1.807) is 23.1 Å². The molecule has 0 fully saturated rings. The van der Waals surface area contributed by atoms with E-state index in [-0.39, 0.29) is 11.5 Å². The number of hydrogen-bond acceptors (Lipinski definition) is 5. The Kier molecular flexibility index (Phi) is 3.76. The molecule has 0 aliphatic carbocycles. The van der Waals surface area contributed by atoms with Crippen molar-refractivity contribution >= 4 is 23.2 Å². The summed E-state index contributed by atoms with van der Waals surface area (Å²) >= 11 is 0. The molecule has 7 heteroatoms. The van der Waals surface area contributed by atoms with Gasteiger partial charge in [-0.15, -0.1) is 0 Å². The first-order valence-electron chi connectivity index (χ1n) is 7.34. The standard InChI is InChI=1S/C17H16N2O5/c1-9(20)19-5-4-10-6-12(2-3-13(10)19)18-17(24)11-7-14(21)16(23)15(22)8-11/h2-3,6-8,21-23H,4-5H2,1H3,(H,18,24). The minimum absolute atomic E-state index is 0.00802. The van der Waals surface area contributed by atoms with Gasteiger partial charge in [-0.05, 0) is 42.3 Å². The molecule has 2 amide bonds. The minimum atomic E-state index is -0.673. The molecule has 1 aliphatic heterocycles. The van der Waals surface area contributed by atoms with Gasteiger partial charge in [-0.25, -0.2) is 0 Å². The quantitative estimate of drug-likeness (QED) is 0.630. The Labute approximate surface area is 137 Å². The molecule has 0 saturated carbocycles. The van der Waals surface area contributed by atoms with Gasteiger partial charge >= 0.3 is 0 Å². The van der Waals surface area contributed by atoms with E-state index in [4.69, 9.17) is 0 Å². The molecule has 2 aromatic rings. The Morgan fingerprint density at radius 1 is 1.08 bits per heavy atom. The molecule has 24 heavy (non-hydrogen) atoms. The van der Waals surface area contributed by atoms with E-state index in [9.17, 15) is 24.9 Å². The molecule has 3 rings (SSSR count). The van der Waals surface area contributed by atoms with Gasteiger partial charge in [-0.3, -0.25) is 9.59 Å². The van der Waals surface area contributed by atoms with Gasteiger partial charge in [0.15, 0.2) is 17.2 Å². The molecule has 2 aromatic carbocycles. The van der Waals surface area contributed by atoms with Gasteiger partial charge in [0.05, 0.1) is 0 Å². The first-order chi connectivity index (χ1) is 11.4. The number of amides is 2. The van der Waals surface area contributed by atoms with Gasteiger partial charge in [0.2, 0.25) is 5.91 Å². The van der Waals surface area contributed by atoms with Crippen molar-refractivity contribution in [3.05, 3.63) is 41.5 Å². The third-order valence-electron chi connectivity index (χ3n) is 3.94. The number of benzene rings is 2. The highest BCUT2D eigenvalue weighted by Gasteiger charge is 2.22. The molecule has 7 nitrogen and oxygen atoms in total. The van der Waals surface area contributed by atoms with Crippen LogP contribution < -0.4 is 10.2 Å². The van der Waals surface area contributed by atoms with Crippen LogP contribution >= 0.6 is 0 Å². The van der Waals surface area contributed by atoms with Crippen LogP contribution in [0, 0.1) is 0 Å². The van der Waals surface area contributed by atoms with Crippen molar-refractivity contribution in [2.75, 3.05) is 16.8 Å². The van der Waals surface area contributed by atoms with Crippen LogP contribution in [0.15, 0.2) is 30.3 Å². The maximum atomic E-state index is 12.2. The summed E-state index contributed by atoms with van der Waals surface area (Å²) < 4.78 is 0. The molecule has 0 radical (unpaired) electrons. The summed E-state index contributed by atoms with van der Waals surface area (Å²) in [5.74, 6) is -2.40. The van der Waals surface area contributed by atoms with Crippen LogP contribution in [0.4, 0.5) is 11.4 Å². The first kappa shape index (κ1) is 15.7. The number of aromatic hydroxyl groups is 3. The Bertz CT molecular complexity index is 824. The van der Waals surface area contributed by atoms with E-state index < -0.39 is 23.2 Å². The average molecular weight is 328 g/mol. The maximum absolute atomic E-state index is 12.2. The van der Waals surface area contributed by atoms with Crippen molar-refractivity contribution in [3.8, 4) is 17.2 Å². The topological polar surface area (TPSA) is 110 Å². The number of rotatable bonds is 2. The van der Waals surface area contributed by atoms with Crippen molar-refractivity contribution < 1.29 is 24.9 Å². The van der Waals surface area contributed by atoms with Crippen molar-refractivity contribution in [2.24, 2.45) is 0 Å². The van der Waals surface area contributed by atoms with Crippen LogP contribution in [-0.2, 0) is 11.2 Å². The summed E-state index contributed by atoms with van der Waals surface area (Å²) in [4.78, 5) is 25.4. The first-order valence-corrected chi connectivity index (χ1v) is 7.34. The summed E-state index contributed by atoms with van der Waals surface area (Å²) in [5, 5.41) is 30.9. The smallest absolute Gasteiger partial charge is 0.255 e. The SMILES string of the molecule is CC(=O)N1CCc2cc(NC(=O)c3cc(O)c(O)c(O)c3)ccc21. The molecular weight excluding hydrogens is 312 g/mol. The second kappa shape index (κ2) is 5.77. The molecule has 0 aromatic heterocycles. The lowest BCUT2D eigenvalue weighted by Crippen LogP contribution is -2.25. The monoisotopic (exact) mass is 328 g/mol. The molecule has 0 unspecified atom stereocenters. The number of nitrogens with one attached hydrogen (secondary N) is 1. The van der Waals surface area contributed by atoms with E-state index in [1.807, 2.05) is 0 Å². The summed E-state index contributed by atoms with van der Waals surface area (Å²) in [6.45, 7) is 2.12. The molecule has 0 atom stereocenters. The van der Waals surface area contributed by atoms with Crippen molar-refractivity contribution in [3.63, 3.8) is 0 Å². The van der Waals surface area contributed by atoms with Crippen LogP contribution in [0.3, 0.4) is 0 Å².